The first-order valence-electron chi connectivity index (χ1n) is 7.45. The monoisotopic (exact) mass is 366 g/mol. The molecule has 0 fully saturated rings. The van der Waals surface area contributed by atoms with Crippen molar-refractivity contribution in [2.75, 3.05) is 20.3 Å². The van der Waals surface area contributed by atoms with Gasteiger partial charge in [0.05, 0.1) is 11.5 Å². The second-order valence-corrected chi connectivity index (χ2v) is 6.39. The quantitative estimate of drug-likeness (QED) is 0.308. The first-order valence-corrected chi connectivity index (χ1v) is 8.27. The number of nitro groups is 1. The molecule has 0 saturated heterocycles. The maximum Gasteiger partial charge on any atom is 0.349 e. The fraction of sp³-hybridized carbons (Fsp3) is 0.375. The van der Waals surface area contributed by atoms with Crippen LogP contribution in [0.25, 0.3) is 0 Å². The molecule has 2 heterocycles. The number of rotatable bonds is 8. The molecule has 0 radical (unpaired) electrons. The molecule has 2 aromatic rings. The van der Waals surface area contributed by atoms with Crippen LogP contribution in [0.4, 0.5) is 5.00 Å². The lowest BCUT2D eigenvalue weighted by molar-refractivity contribution is -0.380. The molecule has 0 aromatic carbocycles. The van der Waals surface area contributed by atoms with Crippen LogP contribution in [0.5, 0.6) is 0 Å². The molecule has 0 aliphatic carbocycles. The van der Waals surface area contributed by atoms with Gasteiger partial charge >= 0.3 is 11.0 Å². The summed E-state index contributed by atoms with van der Waals surface area (Å²) in [4.78, 5) is 34.4. The number of carbonyl (C=O) groups is 2. The summed E-state index contributed by atoms with van der Waals surface area (Å²) in [6, 6.07) is 4.29. The number of hydrogen-bond donors (Lipinski definition) is 0. The molecule has 0 aliphatic rings. The van der Waals surface area contributed by atoms with E-state index in [9.17, 15) is 19.7 Å². The van der Waals surface area contributed by atoms with Crippen molar-refractivity contribution in [3.05, 3.63) is 50.1 Å². The minimum Gasteiger partial charge on any atom is -0.453 e. The van der Waals surface area contributed by atoms with Gasteiger partial charge in [-0.05, 0) is 26.0 Å². The Labute approximate surface area is 148 Å². The van der Waals surface area contributed by atoms with Gasteiger partial charge in [0.25, 0.3) is 0 Å². The Kier molecular flexibility index (Phi) is 6.05. The molecule has 0 aliphatic heterocycles. The molecular weight excluding hydrogens is 348 g/mol. The van der Waals surface area contributed by atoms with E-state index in [2.05, 4.69) is 0 Å². The summed E-state index contributed by atoms with van der Waals surface area (Å²) in [5, 5.41) is 10.5. The largest absolute Gasteiger partial charge is 0.453 e. The molecule has 9 heteroatoms. The van der Waals surface area contributed by atoms with Crippen LogP contribution in [0.1, 0.15) is 31.4 Å². The van der Waals surface area contributed by atoms with Crippen LogP contribution in [-0.2, 0) is 16.0 Å². The van der Waals surface area contributed by atoms with E-state index in [1.54, 1.807) is 13.2 Å². The summed E-state index contributed by atoms with van der Waals surface area (Å²) in [5.41, 5.74) is 2.18. The van der Waals surface area contributed by atoms with Crippen LogP contribution in [0.15, 0.2) is 18.2 Å². The Hall–Kier alpha value is -2.52. The molecule has 0 saturated carbocycles. The first kappa shape index (κ1) is 18.8. The van der Waals surface area contributed by atoms with Gasteiger partial charge in [0.15, 0.2) is 6.61 Å². The molecule has 0 atom stereocenters. The standard InChI is InChI=1S/C16H18N2O6S/c1-10-8-12(11(2)17(10)6-7-23-3)13(19)9-24-16(20)14-4-5-15(25-14)18(21)22/h4-5,8H,6-7,9H2,1-3H3. The molecule has 0 N–H and O–H groups in total. The van der Waals surface area contributed by atoms with Crippen LogP contribution in [0, 0.1) is 24.0 Å². The van der Waals surface area contributed by atoms with E-state index in [0.29, 0.717) is 30.1 Å². The van der Waals surface area contributed by atoms with Gasteiger partial charge in [-0.1, -0.05) is 11.3 Å². The van der Waals surface area contributed by atoms with Gasteiger partial charge in [-0.25, -0.2) is 4.79 Å². The second kappa shape index (κ2) is 8.04. The number of thiophene rings is 1. The summed E-state index contributed by atoms with van der Waals surface area (Å²) in [7, 11) is 1.61. The predicted octanol–water partition coefficient (Wildman–Crippen LogP) is 2.76. The lowest BCUT2D eigenvalue weighted by atomic mass is 10.1. The van der Waals surface area contributed by atoms with Crippen molar-refractivity contribution in [1.82, 2.24) is 4.57 Å². The van der Waals surface area contributed by atoms with Crippen molar-refractivity contribution >= 4 is 28.1 Å². The summed E-state index contributed by atoms with van der Waals surface area (Å²) >= 11 is 0.712. The molecule has 0 spiro atoms. The van der Waals surface area contributed by atoms with Crippen molar-refractivity contribution in [2.45, 2.75) is 20.4 Å². The number of methoxy groups -OCH3 is 1. The second-order valence-electron chi connectivity index (χ2n) is 5.32. The Morgan fingerprint density at radius 3 is 2.64 bits per heavy atom. The summed E-state index contributed by atoms with van der Waals surface area (Å²) in [6.07, 6.45) is 0. The molecular formula is C16H18N2O6S. The van der Waals surface area contributed by atoms with Crippen LogP contribution >= 0.6 is 11.3 Å². The van der Waals surface area contributed by atoms with E-state index in [0.717, 1.165) is 11.4 Å². The smallest absolute Gasteiger partial charge is 0.349 e. The number of hydrogen-bond acceptors (Lipinski definition) is 7. The fourth-order valence-electron chi connectivity index (χ4n) is 2.43. The topological polar surface area (TPSA) is 101 Å². The minimum absolute atomic E-state index is 0.0880. The van der Waals surface area contributed by atoms with Gasteiger partial charge < -0.3 is 14.0 Å². The van der Waals surface area contributed by atoms with E-state index in [4.69, 9.17) is 9.47 Å². The Balaban J connectivity index is 2.02. The molecule has 0 bridgehead atoms. The van der Waals surface area contributed by atoms with E-state index >= 15 is 0 Å². The van der Waals surface area contributed by atoms with Gasteiger partial charge in [0.1, 0.15) is 4.88 Å². The van der Waals surface area contributed by atoms with E-state index < -0.39 is 17.5 Å². The van der Waals surface area contributed by atoms with E-state index in [-0.39, 0.29) is 15.7 Å². The van der Waals surface area contributed by atoms with Crippen LogP contribution < -0.4 is 0 Å². The molecule has 25 heavy (non-hydrogen) atoms. The Morgan fingerprint density at radius 2 is 2.04 bits per heavy atom. The highest BCUT2D eigenvalue weighted by atomic mass is 32.1. The third-order valence-electron chi connectivity index (χ3n) is 3.70. The lowest BCUT2D eigenvalue weighted by Gasteiger charge is -2.08. The number of nitrogens with zero attached hydrogens (tertiary/aromatic N) is 2. The minimum atomic E-state index is -0.750. The highest BCUT2D eigenvalue weighted by Crippen LogP contribution is 2.24. The van der Waals surface area contributed by atoms with Gasteiger partial charge in [-0.2, -0.15) is 0 Å². The fourth-order valence-corrected chi connectivity index (χ4v) is 3.14. The van der Waals surface area contributed by atoms with Gasteiger partial charge in [-0.15, -0.1) is 0 Å². The van der Waals surface area contributed by atoms with Crippen molar-refractivity contribution in [1.29, 1.82) is 0 Å². The number of esters is 1. The molecule has 134 valence electrons. The van der Waals surface area contributed by atoms with Gasteiger partial charge in [-0.3, -0.25) is 14.9 Å². The normalized spacial score (nSPS) is 10.7. The van der Waals surface area contributed by atoms with Crippen molar-refractivity contribution < 1.29 is 24.0 Å². The van der Waals surface area contributed by atoms with Gasteiger partial charge in [0.2, 0.25) is 5.78 Å². The van der Waals surface area contributed by atoms with Crippen LogP contribution in [0.2, 0.25) is 0 Å². The number of aromatic nitrogens is 1. The molecule has 2 aromatic heterocycles. The SMILES string of the molecule is COCCn1c(C)cc(C(=O)COC(=O)c2ccc([N+](=O)[O-])s2)c1C. The average molecular weight is 366 g/mol. The van der Waals surface area contributed by atoms with Crippen LogP contribution in [-0.4, -0.2) is 41.6 Å². The number of carbonyl (C=O) groups excluding carboxylic acids is 2. The number of Topliss-reactive ketones (excluding diaryl/α,β-unsaturated/α-hetero) is 1. The van der Waals surface area contributed by atoms with Crippen molar-refractivity contribution in [2.24, 2.45) is 0 Å². The lowest BCUT2D eigenvalue weighted by Crippen LogP contribution is -2.15. The Bertz CT molecular complexity index is 808. The van der Waals surface area contributed by atoms with Crippen molar-refractivity contribution in [3.63, 3.8) is 0 Å². The molecule has 2 rings (SSSR count). The highest BCUT2D eigenvalue weighted by Gasteiger charge is 2.20. The molecule has 0 unspecified atom stereocenters. The summed E-state index contributed by atoms with van der Waals surface area (Å²) in [6.45, 7) is 4.44. The highest BCUT2D eigenvalue weighted by molar-refractivity contribution is 7.17. The first-order chi connectivity index (χ1) is 11.8. The van der Waals surface area contributed by atoms with E-state index in [1.165, 1.54) is 12.1 Å². The summed E-state index contributed by atoms with van der Waals surface area (Å²) < 4.78 is 12.0. The number of ether oxygens (including phenoxy) is 2. The van der Waals surface area contributed by atoms with Gasteiger partial charge in [0, 0.05) is 36.7 Å². The zero-order chi connectivity index (χ0) is 18.6. The zero-order valence-electron chi connectivity index (χ0n) is 14.1. The molecule has 8 nitrogen and oxygen atoms in total. The maximum atomic E-state index is 12.3. The third-order valence-corrected chi connectivity index (χ3v) is 4.72. The number of aryl methyl sites for hydroxylation is 1. The van der Waals surface area contributed by atoms with Crippen LogP contribution in [0.3, 0.4) is 0 Å². The van der Waals surface area contributed by atoms with E-state index in [1.807, 2.05) is 18.4 Å². The third kappa shape index (κ3) is 4.31. The number of ketones is 1. The average Bonchev–Trinajstić information content (AvgIpc) is 3.17. The predicted molar refractivity (Wildman–Crippen MR) is 91.4 cm³/mol. The maximum absolute atomic E-state index is 12.3. The Morgan fingerprint density at radius 1 is 1.32 bits per heavy atom. The zero-order valence-corrected chi connectivity index (χ0v) is 14.9. The molecule has 0 amide bonds. The summed E-state index contributed by atoms with van der Waals surface area (Å²) in [5.74, 6) is -1.07. The van der Waals surface area contributed by atoms with Crippen molar-refractivity contribution in [3.8, 4) is 0 Å².